The molecule has 1 saturated heterocycles. The zero-order chi connectivity index (χ0) is 19.0. The molecule has 1 aliphatic rings. The summed E-state index contributed by atoms with van der Waals surface area (Å²) in [6.45, 7) is 10.7. The van der Waals surface area contributed by atoms with Gasteiger partial charge in [-0.1, -0.05) is 32.0 Å². The van der Waals surface area contributed by atoms with Gasteiger partial charge in [-0.15, -0.1) is 0 Å². The Labute approximate surface area is 151 Å². The van der Waals surface area contributed by atoms with Crippen LogP contribution in [-0.4, -0.2) is 42.6 Å². The second kappa shape index (κ2) is 9.44. The van der Waals surface area contributed by atoms with E-state index in [4.69, 9.17) is 4.74 Å². The highest BCUT2D eigenvalue weighted by Crippen LogP contribution is 2.23. The van der Waals surface area contributed by atoms with Crippen molar-refractivity contribution < 1.29 is 14.3 Å². The van der Waals surface area contributed by atoms with Gasteiger partial charge in [0.1, 0.15) is 5.60 Å². The topological polar surface area (TPSA) is 49.9 Å². The van der Waals surface area contributed by atoms with Gasteiger partial charge in [-0.3, -0.25) is 4.79 Å². The fourth-order valence-corrected chi connectivity index (χ4v) is 2.69. The smallest absolute Gasteiger partial charge is 0.410 e. The molecule has 0 spiro atoms. The number of hydrogen-bond acceptors (Lipinski definition) is 3. The van der Waals surface area contributed by atoms with Crippen LogP contribution in [0.3, 0.4) is 0 Å². The first-order chi connectivity index (χ1) is 11.8. The van der Waals surface area contributed by atoms with E-state index in [0.717, 1.165) is 5.69 Å². The summed E-state index contributed by atoms with van der Waals surface area (Å²) in [6, 6.07) is 9.62. The van der Waals surface area contributed by atoms with Crippen LogP contribution in [0.1, 0.15) is 47.5 Å². The summed E-state index contributed by atoms with van der Waals surface area (Å²) in [4.78, 5) is 28.0. The van der Waals surface area contributed by atoms with Crippen LogP contribution in [0, 0.1) is 5.92 Å². The van der Waals surface area contributed by atoms with Gasteiger partial charge in [0.2, 0.25) is 5.91 Å². The number of piperidine rings is 1. The maximum absolute atomic E-state index is 12.6. The van der Waals surface area contributed by atoms with E-state index in [-0.39, 0.29) is 17.9 Å². The lowest BCUT2D eigenvalue weighted by Gasteiger charge is -2.34. The van der Waals surface area contributed by atoms with Crippen molar-refractivity contribution in [3.8, 4) is 0 Å². The maximum Gasteiger partial charge on any atom is 0.410 e. The standard InChI is InChI=1S/C18H26N2O3.C2H6/c1-18(2,3)23-17(22)20-12-10-14(11-13-20)16(21)19(4)15-8-6-5-7-9-15;1-2/h5-9,14H,10-13H2,1-4H3;1-2H3. The van der Waals surface area contributed by atoms with Crippen LogP contribution in [-0.2, 0) is 9.53 Å². The van der Waals surface area contributed by atoms with Gasteiger partial charge in [0, 0.05) is 31.7 Å². The molecule has 0 aromatic heterocycles. The summed E-state index contributed by atoms with van der Waals surface area (Å²) >= 11 is 0. The molecule has 1 aromatic carbocycles. The van der Waals surface area contributed by atoms with Crippen molar-refractivity contribution in [3.05, 3.63) is 30.3 Å². The summed E-state index contributed by atoms with van der Waals surface area (Å²) in [5, 5.41) is 0. The molecule has 2 rings (SSSR count). The van der Waals surface area contributed by atoms with E-state index in [9.17, 15) is 9.59 Å². The van der Waals surface area contributed by atoms with Gasteiger partial charge >= 0.3 is 6.09 Å². The van der Waals surface area contributed by atoms with Crippen molar-refractivity contribution >= 4 is 17.7 Å². The fraction of sp³-hybridized carbons (Fsp3) is 0.600. The van der Waals surface area contributed by atoms with E-state index in [1.165, 1.54) is 0 Å². The molecule has 25 heavy (non-hydrogen) atoms. The summed E-state index contributed by atoms with van der Waals surface area (Å²) in [7, 11) is 1.80. The number of amides is 2. The Morgan fingerprint density at radius 3 is 2.08 bits per heavy atom. The Morgan fingerprint density at radius 2 is 1.60 bits per heavy atom. The summed E-state index contributed by atoms with van der Waals surface area (Å²) in [5.41, 5.74) is 0.407. The number of hydrogen-bond donors (Lipinski definition) is 0. The van der Waals surface area contributed by atoms with E-state index in [1.807, 2.05) is 65.0 Å². The second-order valence-corrected chi connectivity index (χ2v) is 6.97. The average molecular weight is 348 g/mol. The Hall–Kier alpha value is -2.04. The first kappa shape index (κ1) is 21.0. The monoisotopic (exact) mass is 348 g/mol. The van der Waals surface area contributed by atoms with Crippen molar-refractivity contribution in [2.75, 3.05) is 25.0 Å². The Balaban J connectivity index is 0.00000151. The minimum atomic E-state index is -0.489. The normalized spacial score (nSPS) is 15.0. The quantitative estimate of drug-likeness (QED) is 0.799. The molecule has 1 aromatic rings. The lowest BCUT2D eigenvalue weighted by atomic mass is 9.95. The predicted molar refractivity (Wildman–Crippen MR) is 102 cm³/mol. The Morgan fingerprint density at radius 1 is 1.08 bits per heavy atom. The third-order valence-electron chi connectivity index (χ3n) is 3.97. The van der Waals surface area contributed by atoms with E-state index in [2.05, 4.69) is 0 Å². The molecule has 1 fully saturated rings. The maximum atomic E-state index is 12.6. The number of carbonyl (C=O) groups excluding carboxylic acids is 2. The molecule has 5 nitrogen and oxygen atoms in total. The zero-order valence-corrected chi connectivity index (χ0v) is 16.4. The average Bonchev–Trinajstić information content (AvgIpc) is 2.61. The van der Waals surface area contributed by atoms with Gasteiger partial charge in [0.15, 0.2) is 0 Å². The van der Waals surface area contributed by atoms with E-state index in [0.29, 0.717) is 25.9 Å². The van der Waals surface area contributed by atoms with Crippen molar-refractivity contribution in [1.29, 1.82) is 0 Å². The molecule has 2 amide bonds. The van der Waals surface area contributed by atoms with E-state index >= 15 is 0 Å². The van der Waals surface area contributed by atoms with Crippen molar-refractivity contribution in [1.82, 2.24) is 4.90 Å². The van der Waals surface area contributed by atoms with Crippen molar-refractivity contribution in [2.24, 2.45) is 5.92 Å². The van der Waals surface area contributed by atoms with Crippen molar-refractivity contribution in [2.45, 2.75) is 53.1 Å². The molecule has 1 aliphatic heterocycles. The zero-order valence-electron chi connectivity index (χ0n) is 16.4. The van der Waals surface area contributed by atoms with Crippen LogP contribution in [0.4, 0.5) is 10.5 Å². The van der Waals surface area contributed by atoms with Crippen LogP contribution in [0.25, 0.3) is 0 Å². The highest BCUT2D eigenvalue weighted by atomic mass is 16.6. The third kappa shape index (κ3) is 6.40. The number of nitrogens with zero attached hydrogens (tertiary/aromatic N) is 2. The summed E-state index contributed by atoms with van der Waals surface area (Å²) < 4.78 is 5.38. The second-order valence-electron chi connectivity index (χ2n) is 6.97. The molecule has 1 heterocycles. The van der Waals surface area contributed by atoms with Gasteiger partial charge in [-0.05, 0) is 45.7 Å². The molecule has 0 saturated carbocycles. The molecular weight excluding hydrogens is 316 g/mol. The summed E-state index contributed by atoms with van der Waals surface area (Å²) in [6.07, 6.45) is 1.06. The van der Waals surface area contributed by atoms with Crippen LogP contribution in [0.15, 0.2) is 30.3 Å². The molecular formula is C20H32N2O3. The molecule has 0 bridgehead atoms. The van der Waals surface area contributed by atoms with Gasteiger partial charge in [0.25, 0.3) is 0 Å². The number of ether oxygens (including phenoxy) is 1. The van der Waals surface area contributed by atoms with Crippen LogP contribution >= 0.6 is 0 Å². The number of benzene rings is 1. The fourth-order valence-electron chi connectivity index (χ4n) is 2.69. The third-order valence-corrected chi connectivity index (χ3v) is 3.97. The van der Waals surface area contributed by atoms with E-state index in [1.54, 1.807) is 16.8 Å². The number of likely N-dealkylation sites (tertiary alicyclic amines) is 1. The van der Waals surface area contributed by atoms with Crippen LogP contribution < -0.4 is 4.90 Å². The number of para-hydroxylation sites is 1. The van der Waals surface area contributed by atoms with E-state index < -0.39 is 5.60 Å². The first-order valence-electron chi connectivity index (χ1n) is 9.08. The molecule has 0 unspecified atom stereocenters. The highest BCUT2D eigenvalue weighted by molar-refractivity contribution is 5.94. The highest BCUT2D eigenvalue weighted by Gasteiger charge is 2.31. The molecule has 140 valence electrons. The molecule has 0 radical (unpaired) electrons. The molecule has 0 aliphatic carbocycles. The lowest BCUT2D eigenvalue weighted by molar-refractivity contribution is -0.123. The SMILES string of the molecule is CC.CN(C(=O)C1CCN(C(=O)OC(C)(C)C)CC1)c1ccccc1. The van der Waals surface area contributed by atoms with Crippen LogP contribution in [0.5, 0.6) is 0 Å². The molecule has 0 N–H and O–H groups in total. The molecule has 5 heteroatoms. The van der Waals surface area contributed by atoms with Crippen molar-refractivity contribution in [3.63, 3.8) is 0 Å². The first-order valence-corrected chi connectivity index (χ1v) is 9.08. The number of carbonyl (C=O) groups is 2. The summed E-state index contributed by atoms with van der Waals surface area (Å²) in [5.74, 6) is 0.0685. The molecule has 0 atom stereocenters. The number of anilines is 1. The van der Waals surface area contributed by atoms with Gasteiger partial charge in [-0.2, -0.15) is 0 Å². The largest absolute Gasteiger partial charge is 0.444 e. The Kier molecular flexibility index (Phi) is 7.94. The van der Waals surface area contributed by atoms with Gasteiger partial charge in [0.05, 0.1) is 0 Å². The van der Waals surface area contributed by atoms with Gasteiger partial charge < -0.3 is 14.5 Å². The van der Waals surface area contributed by atoms with Gasteiger partial charge in [-0.25, -0.2) is 4.79 Å². The Bertz CT molecular complexity index is 544. The lowest BCUT2D eigenvalue weighted by Crippen LogP contribution is -2.45. The number of rotatable bonds is 2. The van der Waals surface area contributed by atoms with Crippen LogP contribution in [0.2, 0.25) is 0 Å². The minimum Gasteiger partial charge on any atom is -0.444 e. The predicted octanol–water partition coefficient (Wildman–Crippen LogP) is 4.32. The minimum absolute atomic E-state index is 0.0427.